The number of nitrogens with zero attached hydrogens (tertiary/aromatic N) is 3. The molecule has 6 heteroatoms. The van der Waals surface area contributed by atoms with Crippen molar-refractivity contribution in [2.24, 2.45) is 0 Å². The summed E-state index contributed by atoms with van der Waals surface area (Å²) >= 11 is 0. The van der Waals surface area contributed by atoms with Crippen molar-refractivity contribution < 1.29 is 14.1 Å². The first-order valence-electron chi connectivity index (χ1n) is 9.15. The van der Waals surface area contributed by atoms with E-state index in [0.717, 1.165) is 62.5 Å². The number of hydrogen-bond donors (Lipinski definition) is 0. The van der Waals surface area contributed by atoms with Crippen molar-refractivity contribution in [2.45, 2.75) is 50.5 Å². The summed E-state index contributed by atoms with van der Waals surface area (Å²) in [4.78, 5) is 19.3. The van der Waals surface area contributed by atoms with Crippen LogP contribution in [0.1, 0.15) is 60.5 Å². The summed E-state index contributed by atoms with van der Waals surface area (Å²) in [7, 11) is 0. The molecule has 1 amide bonds. The first kappa shape index (κ1) is 14.9. The largest absolute Gasteiger partial charge is 0.493 e. The van der Waals surface area contributed by atoms with E-state index >= 15 is 0 Å². The zero-order valence-electron chi connectivity index (χ0n) is 14.1. The number of amides is 1. The summed E-state index contributed by atoms with van der Waals surface area (Å²) in [6, 6.07) is 6.03. The van der Waals surface area contributed by atoms with Gasteiger partial charge in [-0.05, 0) is 42.9 Å². The first-order chi connectivity index (χ1) is 12.3. The summed E-state index contributed by atoms with van der Waals surface area (Å²) in [5, 5.41) is 4.15. The minimum absolute atomic E-state index is 0.0403. The van der Waals surface area contributed by atoms with Crippen LogP contribution in [0.15, 0.2) is 22.7 Å². The number of ether oxygens (including phenoxy) is 1. The topological polar surface area (TPSA) is 68.5 Å². The number of aromatic nitrogens is 2. The van der Waals surface area contributed by atoms with Crippen LogP contribution in [0.2, 0.25) is 0 Å². The van der Waals surface area contributed by atoms with Gasteiger partial charge in [-0.25, -0.2) is 0 Å². The minimum atomic E-state index is -0.0403. The molecule has 25 heavy (non-hydrogen) atoms. The Morgan fingerprint density at radius 1 is 1.28 bits per heavy atom. The quantitative estimate of drug-likeness (QED) is 0.857. The van der Waals surface area contributed by atoms with Crippen LogP contribution in [0.4, 0.5) is 0 Å². The van der Waals surface area contributed by atoms with Crippen LogP contribution in [0.25, 0.3) is 0 Å². The van der Waals surface area contributed by atoms with E-state index < -0.39 is 0 Å². The van der Waals surface area contributed by atoms with E-state index in [-0.39, 0.29) is 11.9 Å². The highest BCUT2D eigenvalue weighted by molar-refractivity contribution is 5.79. The van der Waals surface area contributed by atoms with Gasteiger partial charge in [-0.2, -0.15) is 4.98 Å². The minimum Gasteiger partial charge on any atom is -0.493 e. The zero-order chi connectivity index (χ0) is 16.8. The molecule has 1 aromatic heterocycles. The summed E-state index contributed by atoms with van der Waals surface area (Å²) in [5.41, 5.74) is 2.25. The van der Waals surface area contributed by atoms with Gasteiger partial charge >= 0.3 is 0 Å². The molecule has 2 aromatic rings. The van der Waals surface area contributed by atoms with Crippen LogP contribution in [0, 0.1) is 0 Å². The molecule has 0 radical (unpaired) electrons. The van der Waals surface area contributed by atoms with E-state index in [1.54, 1.807) is 0 Å². The van der Waals surface area contributed by atoms with Gasteiger partial charge in [-0.3, -0.25) is 4.79 Å². The number of hydrogen-bond acceptors (Lipinski definition) is 5. The molecule has 0 N–H and O–H groups in total. The maximum Gasteiger partial charge on any atom is 0.229 e. The van der Waals surface area contributed by atoms with Crippen molar-refractivity contribution in [3.8, 4) is 5.75 Å². The van der Waals surface area contributed by atoms with Gasteiger partial charge in [0.1, 0.15) is 5.75 Å². The Labute approximate surface area is 146 Å². The third-order valence-electron chi connectivity index (χ3n) is 5.36. The molecular weight excluding hydrogens is 318 g/mol. The molecule has 1 unspecified atom stereocenters. The fraction of sp³-hybridized carbons (Fsp3) is 0.526. The number of rotatable bonds is 4. The lowest BCUT2D eigenvalue weighted by Crippen LogP contribution is -2.32. The molecule has 1 atom stereocenters. The Kier molecular flexibility index (Phi) is 3.50. The lowest BCUT2D eigenvalue weighted by atomic mass is 10.1. The molecule has 0 bridgehead atoms. The van der Waals surface area contributed by atoms with Crippen LogP contribution in [0.3, 0.4) is 0 Å². The highest BCUT2D eigenvalue weighted by Crippen LogP contribution is 2.40. The molecule has 2 fully saturated rings. The summed E-state index contributed by atoms with van der Waals surface area (Å²) in [5.74, 6) is 2.96. The first-order valence-corrected chi connectivity index (χ1v) is 9.15. The Morgan fingerprint density at radius 3 is 3.08 bits per heavy atom. The second kappa shape index (κ2) is 5.86. The number of benzene rings is 1. The van der Waals surface area contributed by atoms with E-state index in [1.165, 1.54) is 5.56 Å². The van der Waals surface area contributed by atoms with E-state index in [1.807, 2.05) is 17.0 Å². The molecule has 5 rings (SSSR count). The molecule has 1 saturated heterocycles. The van der Waals surface area contributed by atoms with Gasteiger partial charge in [0.2, 0.25) is 11.8 Å². The predicted molar refractivity (Wildman–Crippen MR) is 89.3 cm³/mol. The molecule has 1 saturated carbocycles. The fourth-order valence-electron chi connectivity index (χ4n) is 3.84. The third-order valence-corrected chi connectivity index (χ3v) is 5.36. The molecule has 1 aromatic carbocycles. The summed E-state index contributed by atoms with van der Waals surface area (Å²) < 4.78 is 10.9. The molecule has 130 valence electrons. The van der Waals surface area contributed by atoms with Gasteiger partial charge in [0.15, 0.2) is 5.82 Å². The normalized spacial score (nSPS) is 22.1. The van der Waals surface area contributed by atoms with Crippen molar-refractivity contribution in [1.29, 1.82) is 0 Å². The second-order valence-corrected chi connectivity index (χ2v) is 7.23. The molecule has 3 heterocycles. The van der Waals surface area contributed by atoms with E-state index in [0.29, 0.717) is 18.2 Å². The summed E-state index contributed by atoms with van der Waals surface area (Å²) in [6.07, 6.45) is 5.51. The smallest absolute Gasteiger partial charge is 0.229 e. The van der Waals surface area contributed by atoms with Crippen LogP contribution < -0.4 is 4.74 Å². The lowest BCUT2D eigenvalue weighted by Gasteiger charge is -2.22. The van der Waals surface area contributed by atoms with E-state index in [9.17, 15) is 4.79 Å². The number of carbonyl (C=O) groups excluding carboxylic acids is 1. The maximum absolute atomic E-state index is 12.9. The van der Waals surface area contributed by atoms with Crippen LogP contribution in [-0.2, 0) is 17.6 Å². The van der Waals surface area contributed by atoms with Crippen LogP contribution in [0.5, 0.6) is 5.75 Å². The number of likely N-dealkylation sites (tertiary alicyclic amines) is 1. The molecule has 0 spiro atoms. The molecule has 6 nitrogen and oxygen atoms in total. The van der Waals surface area contributed by atoms with Crippen LogP contribution >= 0.6 is 0 Å². The summed E-state index contributed by atoms with van der Waals surface area (Å²) in [6.45, 7) is 1.51. The van der Waals surface area contributed by atoms with Gasteiger partial charge in [0, 0.05) is 18.9 Å². The number of carbonyl (C=O) groups is 1. The van der Waals surface area contributed by atoms with E-state index in [2.05, 4.69) is 16.2 Å². The molecular formula is C19H21N3O3. The highest BCUT2D eigenvalue weighted by Gasteiger charge is 2.36. The third kappa shape index (κ3) is 2.79. The Morgan fingerprint density at radius 2 is 2.20 bits per heavy atom. The fourth-order valence-corrected chi connectivity index (χ4v) is 3.84. The van der Waals surface area contributed by atoms with Crippen molar-refractivity contribution >= 4 is 5.91 Å². The van der Waals surface area contributed by atoms with Gasteiger partial charge in [-0.15, -0.1) is 0 Å². The monoisotopic (exact) mass is 339 g/mol. The average Bonchev–Trinajstić information content (AvgIpc) is 3.06. The van der Waals surface area contributed by atoms with Crippen LogP contribution in [-0.4, -0.2) is 34.1 Å². The Hall–Kier alpha value is -2.37. The maximum atomic E-state index is 12.9. The van der Waals surface area contributed by atoms with E-state index in [4.69, 9.17) is 9.26 Å². The van der Waals surface area contributed by atoms with Gasteiger partial charge in [0.25, 0.3) is 0 Å². The van der Waals surface area contributed by atoms with Crippen molar-refractivity contribution in [3.63, 3.8) is 0 Å². The second-order valence-electron chi connectivity index (χ2n) is 7.23. The van der Waals surface area contributed by atoms with Gasteiger partial charge in [0.05, 0.1) is 19.1 Å². The van der Waals surface area contributed by atoms with Gasteiger partial charge < -0.3 is 14.2 Å². The Balaban J connectivity index is 1.31. The van der Waals surface area contributed by atoms with Crippen molar-refractivity contribution in [1.82, 2.24) is 15.0 Å². The molecule has 1 aliphatic carbocycles. The number of fused-ring (bicyclic) bond motifs is 1. The van der Waals surface area contributed by atoms with Crippen molar-refractivity contribution in [2.75, 3.05) is 13.2 Å². The predicted octanol–water partition coefficient (Wildman–Crippen LogP) is 2.79. The standard InChI is InChI=1S/C19H21N3O3/c23-17(11-12-3-6-16-14(10-12)7-9-24-16)22-8-1-2-15(22)18-20-19(25-21-18)13-4-5-13/h3,6,10,13,15H,1-2,4-5,7-9,11H2. The molecule has 2 aliphatic heterocycles. The van der Waals surface area contributed by atoms with Gasteiger partial charge in [-0.1, -0.05) is 17.3 Å². The lowest BCUT2D eigenvalue weighted by molar-refractivity contribution is -0.131. The Bertz CT molecular complexity index is 812. The highest BCUT2D eigenvalue weighted by atomic mass is 16.5. The van der Waals surface area contributed by atoms with Crippen molar-refractivity contribution in [3.05, 3.63) is 41.0 Å². The average molecular weight is 339 g/mol. The SMILES string of the molecule is O=C(Cc1ccc2c(c1)CCO2)N1CCCC1c1noc(C2CC2)n1. The zero-order valence-corrected chi connectivity index (χ0v) is 14.1. The molecule has 3 aliphatic rings.